The van der Waals surface area contributed by atoms with Crippen LogP contribution in [0.5, 0.6) is 0 Å². The summed E-state index contributed by atoms with van der Waals surface area (Å²) in [4.78, 5) is 15.1. The molecule has 0 radical (unpaired) electrons. The monoisotopic (exact) mass is 443 g/mol. The molecule has 31 heavy (non-hydrogen) atoms. The highest BCUT2D eigenvalue weighted by Gasteiger charge is 2.32. The number of anilines is 2. The average molecular weight is 444 g/mol. The Morgan fingerprint density at radius 1 is 1.06 bits per heavy atom. The molecule has 7 heteroatoms. The molecule has 2 aromatic rings. The number of hydrogen-bond acceptors (Lipinski definition) is 4. The van der Waals surface area contributed by atoms with Gasteiger partial charge in [-0.25, -0.2) is 8.42 Å². The van der Waals surface area contributed by atoms with E-state index in [9.17, 15) is 13.2 Å². The lowest BCUT2D eigenvalue weighted by molar-refractivity contribution is -0.120. The van der Waals surface area contributed by atoms with E-state index in [2.05, 4.69) is 19.2 Å². The van der Waals surface area contributed by atoms with Crippen LogP contribution in [-0.2, 0) is 14.8 Å². The number of rotatable bonds is 6. The van der Waals surface area contributed by atoms with E-state index in [0.717, 1.165) is 22.5 Å². The Morgan fingerprint density at radius 2 is 1.68 bits per heavy atom. The first-order valence-electron chi connectivity index (χ1n) is 10.8. The van der Waals surface area contributed by atoms with Crippen LogP contribution in [0, 0.1) is 12.8 Å². The predicted molar refractivity (Wildman–Crippen MR) is 126 cm³/mol. The Balaban J connectivity index is 1.60. The van der Waals surface area contributed by atoms with Gasteiger partial charge in [-0.3, -0.25) is 4.79 Å². The lowest BCUT2D eigenvalue weighted by Crippen LogP contribution is -2.41. The maximum atomic E-state index is 13.0. The number of carbonyl (C=O) groups is 1. The molecule has 1 fully saturated rings. The van der Waals surface area contributed by atoms with Gasteiger partial charge >= 0.3 is 0 Å². The Bertz CT molecular complexity index is 1020. The molecule has 0 aromatic heterocycles. The minimum atomic E-state index is -3.53. The molecule has 1 N–H and O–H groups in total. The molecule has 0 bridgehead atoms. The number of amides is 1. The average Bonchev–Trinajstić information content (AvgIpc) is 2.73. The molecule has 0 spiro atoms. The molecule has 0 saturated carbocycles. The second-order valence-corrected chi connectivity index (χ2v) is 10.7. The van der Waals surface area contributed by atoms with Crippen LogP contribution in [0.1, 0.15) is 43.7 Å². The van der Waals surface area contributed by atoms with Gasteiger partial charge in [-0.05, 0) is 67.1 Å². The van der Waals surface area contributed by atoms with Crippen molar-refractivity contribution in [2.24, 2.45) is 5.92 Å². The lowest BCUT2D eigenvalue weighted by Gasteiger charge is -2.30. The first-order chi connectivity index (χ1) is 14.6. The fourth-order valence-corrected chi connectivity index (χ4v) is 5.48. The van der Waals surface area contributed by atoms with E-state index in [0.29, 0.717) is 36.7 Å². The molecule has 1 amide bonds. The van der Waals surface area contributed by atoms with Crippen molar-refractivity contribution >= 4 is 27.3 Å². The number of benzene rings is 2. The smallest absolute Gasteiger partial charge is 0.243 e. The number of sulfonamides is 1. The summed E-state index contributed by atoms with van der Waals surface area (Å²) in [6.45, 7) is 6.88. The highest BCUT2D eigenvalue weighted by Crippen LogP contribution is 2.27. The Hall–Kier alpha value is -2.38. The van der Waals surface area contributed by atoms with Crippen LogP contribution in [0.15, 0.2) is 47.4 Å². The number of carbonyl (C=O) groups excluding carboxylic acids is 1. The number of nitrogens with zero attached hydrogens (tertiary/aromatic N) is 2. The molecular formula is C24H33N3O3S. The lowest BCUT2D eigenvalue weighted by atomic mass is 9.97. The first kappa shape index (κ1) is 23.3. The van der Waals surface area contributed by atoms with E-state index in [1.165, 1.54) is 4.31 Å². The maximum Gasteiger partial charge on any atom is 0.243 e. The van der Waals surface area contributed by atoms with Gasteiger partial charge in [0.1, 0.15) is 0 Å². The molecule has 0 unspecified atom stereocenters. The van der Waals surface area contributed by atoms with Gasteiger partial charge in [-0.15, -0.1) is 0 Å². The van der Waals surface area contributed by atoms with Crippen LogP contribution >= 0.6 is 0 Å². The van der Waals surface area contributed by atoms with E-state index in [1.807, 2.05) is 56.3 Å². The number of hydrogen-bond donors (Lipinski definition) is 1. The fraction of sp³-hybridized carbons (Fsp3) is 0.458. The van der Waals surface area contributed by atoms with Crippen molar-refractivity contribution in [1.82, 2.24) is 4.31 Å². The molecule has 3 rings (SSSR count). The third-order valence-electron chi connectivity index (χ3n) is 5.96. The van der Waals surface area contributed by atoms with E-state index in [-0.39, 0.29) is 11.8 Å². The van der Waals surface area contributed by atoms with Crippen LogP contribution in [-0.4, -0.2) is 45.8 Å². The zero-order valence-electron chi connectivity index (χ0n) is 19.1. The summed E-state index contributed by atoms with van der Waals surface area (Å²) in [7, 11) is 0.440. The number of piperidine rings is 1. The quantitative estimate of drug-likeness (QED) is 0.726. The van der Waals surface area contributed by atoms with Crippen molar-refractivity contribution in [2.45, 2.75) is 44.4 Å². The molecular weight excluding hydrogens is 410 g/mol. The van der Waals surface area contributed by atoms with Crippen LogP contribution in [0.25, 0.3) is 0 Å². The van der Waals surface area contributed by atoms with Crippen LogP contribution in [0.4, 0.5) is 11.4 Å². The van der Waals surface area contributed by atoms with Crippen molar-refractivity contribution in [3.05, 3.63) is 53.6 Å². The van der Waals surface area contributed by atoms with Crippen molar-refractivity contribution < 1.29 is 13.2 Å². The molecule has 168 valence electrons. The number of nitrogens with one attached hydrogen (secondary N) is 1. The second-order valence-electron chi connectivity index (χ2n) is 8.79. The molecule has 1 saturated heterocycles. The normalized spacial score (nSPS) is 15.8. The SMILES string of the molecule is Cc1cc(NC(=O)C2CCN(S(=O)(=O)c3ccc(C(C)C)cc3)CC2)ccc1N(C)C. The summed E-state index contributed by atoms with van der Waals surface area (Å²) >= 11 is 0. The van der Waals surface area contributed by atoms with Gasteiger partial charge in [-0.2, -0.15) is 4.31 Å². The summed E-state index contributed by atoms with van der Waals surface area (Å²) in [5, 5.41) is 3.00. The van der Waals surface area contributed by atoms with Crippen molar-refractivity contribution in [2.75, 3.05) is 37.4 Å². The molecule has 1 heterocycles. The van der Waals surface area contributed by atoms with Crippen LogP contribution in [0.2, 0.25) is 0 Å². The molecule has 0 atom stereocenters. The molecule has 6 nitrogen and oxygen atoms in total. The van der Waals surface area contributed by atoms with Gasteiger partial charge < -0.3 is 10.2 Å². The van der Waals surface area contributed by atoms with Gasteiger partial charge in [-0.1, -0.05) is 26.0 Å². The topological polar surface area (TPSA) is 69.7 Å². The molecule has 1 aliphatic rings. The Kier molecular flexibility index (Phi) is 7.06. The van der Waals surface area contributed by atoms with Crippen molar-refractivity contribution in [3.8, 4) is 0 Å². The highest BCUT2D eigenvalue weighted by molar-refractivity contribution is 7.89. The Morgan fingerprint density at radius 3 is 2.19 bits per heavy atom. The third kappa shape index (κ3) is 5.28. The highest BCUT2D eigenvalue weighted by atomic mass is 32.2. The van der Waals surface area contributed by atoms with Crippen LogP contribution < -0.4 is 10.2 Å². The standard InChI is InChI=1S/C24H33N3O3S/c1-17(2)19-6-9-22(10-7-19)31(29,30)27-14-12-20(13-15-27)24(28)25-21-8-11-23(26(4)5)18(3)16-21/h6-11,16-17,20H,12-15H2,1-5H3,(H,25,28). The van der Waals surface area contributed by atoms with Gasteiger partial charge in [0.15, 0.2) is 0 Å². The molecule has 1 aliphatic heterocycles. The van der Waals surface area contributed by atoms with E-state index in [1.54, 1.807) is 12.1 Å². The van der Waals surface area contributed by atoms with E-state index < -0.39 is 10.0 Å². The summed E-state index contributed by atoms with van der Waals surface area (Å²) in [6, 6.07) is 13.0. The van der Waals surface area contributed by atoms with Crippen LogP contribution in [0.3, 0.4) is 0 Å². The second kappa shape index (κ2) is 9.40. The van der Waals surface area contributed by atoms with E-state index in [4.69, 9.17) is 0 Å². The predicted octanol–water partition coefficient (Wildman–Crippen LogP) is 4.22. The maximum absolute atomic E-state index is 13.0. The zero-order valence-corrected chi connectivity index (χ0v) is 19.9. The minimum Gasteiger partial charge on any atom is -0.377 e. The summed E-state index contributed by atoms with van der Waals surface area (Å²) in [5.74, 6) is 0.118. The number of aryl methyl sites for hydroxylation is 1. The molecule has 2 aromatic carbocycles. The van der Waals surface area contributed by atoms with Gasteiger partial charge in [0, 0.05) is 44.5 Å². The van der Waals surface area contributed by atoms with Gasteiger partial charge in [0.25, 0.3) is 0 Å². The first-order valence-corrected chi connectivity index (χ1v) is 12.2. The fourth-order valence-electron chi connectivity index (χ4n) is 4.01. The summed E-state index contributed by atoms with van der Waals surface area (Å²) in [6.07, 6.45) is 1.04. The van der Waals surface area contributed by atoms with E-state index >= 15 is 0 Å². The summed E-state index contributed by atoms with van der Waals surface area (Å²) in [5.41, 5.74) is 4.08. The van der Waals surface area contributed by atoms with Gasteiger partial charge in [0.2, 0.25) is 15.9 Å². The Labute approximate surface area is 186 Å². The van der Waals surface area contributed by atoms with Crippen molar-refractivity contribution in [1.29, 1.82) is 0 Å². The van der Waals surface area contributed by atoms with Gasteiger partial charge in [0.05, 0.1) is 4.90 Å². The zero-order chi connectivity index (χ0) is 22.8. The minimum absolute atomic E-state index is 0.0460. The van der Waals surface area contributed by atoms with Crippen molar-refractivity contribution in [3.63, 3.8) is 0 Å². The third-order valence-corrected chi connectivity index (χ3v) is 7.87. The molecule has 0 aliphatic carbocycles. The largest absolute Gasteiger partial charge is 0.377 e. The summed E-state index contributed by atoms with van der Waals surface area (Å²) < 4.78 is 27.5.